The number of rotatable bonds is 5. The molecule has 1 aromatic carbocycles. The molecule has 1 saturated carbocycles. The predicted octanol–water partition coefficient (Wildman–Crippen LogP) is 3.59. The highest BCUT2D eigenvalue weighted by Crippen LogP contribution is 2.35. The summed E-state index contributed by atoms with van der Waals surface area (Å²) in [6.45, 7) is 5.67. The van der Waals surface area contributed by atoms with Crippen LogP contribution in [-0.2, 0) is 6.54 Å². The summed E-state index contributed by atoms with van der Waals surface area (Å²) >= 11 is 0. The van der Waals surface area contributed by atoms with Gasteiger partial charge in [-0.05, 0) is 56.5 Å². The Kier molecular flexibility index (Phi) is 4.28. The lowest BCUT2D eigenvalue weighted by Crippen LogP contribution is -2.37. The molecule has 1 aliphatic rings. The van der Waals surface area contributed by atoms with Gasteiger partial charge in [-0.2, -0.15) is 0 Å². The maximum Gasteiger partial charge on any atom is 0.0342 e. The van der Waals surface area contributed by atoms with Gasteiger partial charge >= 0.3 is 0 Å². The molecule has 100 valence electrons. The quantitative estimate of drug-likeness (QED) is 0.854. The highest BCUT2D eigenvalue weighted by Gasteiger charge is 2.30. The van der Waals surface area contributed by atoms with Crippen LogP contribution in [0.15, 0.2) is 24.3 Å². The van der Waals surface area contributed by atoms with E-state index in [0.717, 1.165) is 18.4 Å². The third-order valence-electron chi connectivity index (χ3n) is 3.94. The number of hydrogen-bond donors (Lipinski definition) is 1. The van der Waals surface area contributed by atoms with E-state index in [9.17, 15) is 0 Å². The van der Waals surface area contributed by atoms with E-state index >= 15 is 0 Å². The van der Waals surface area contributed by atoms with E-state index in [-0.39, 0.29) is 0 Å². The lowest BCUT2D eigenvalue weighted by Gasteiger charge is -2.39. The number of nitrogens with one attached hydrogen (secondary N) is 1. The summed E-state index contributed by atoms with van der Waals surface area (Å²) in [5, 5.41) is 3.63. The van der Waals surface area contributed by atoms with Crippen LogP contribution in [0.5, 0.6) is 0 Å². The van der Waals surface area contributed by atoms with Crippen LogP contribution < -0.4 is 5.32 Å². The van der Waals surface area contributed by atoms with E-state index in [1.165, 1.54) is 24.1 Å². The molecule has 0 amide bonds. The fourth-order valence-corrected chi connectivity index (χ4v) is 2.63. The molecule has 1 aromatic rings. The zero-order valence-corrected chi connectivity index (χ0v) is 12.1. The van der Waals surface area contributed by atoms with E-state index in [2.05, 4.69) is 62.4 Å². The molecule has 0 radical (unpaired) electrons. The summed E-state index contributed by atoms with van der Waals surface area (Å²) in [6.07, 6.45) is 2.66. The average Bonchev–Trinajstić information content (AvgIpc) is 2.23. The van der Waals surface area contributed by atoms with Gasteiger partial charge in [0.15, 0.2) is 0 Å². The van der Waals surface area contributed by atoms with Crippen molar-refractivity contribution in [3.8, 4) is 0 Å². The summed E-state index contributed by atoms with van der Waals surface area (Å²) in [6, 6.07) is 9.56. The Hall–Kier alpha value is -1.02. The molecular weight excluding hydrogens is 220 g/mol. The highest BCUT2D eigenvalue weighted by atomic mass is 15.0. The zero-order valence-electron chi connectivity index (χ0n) is 12.1. The Bertz CT molecular complexity index is 361. The minimum atomic E-state index is 0.692. The van der Waals surface area contributed by atoms with Crippen LogP contribution in [0.1, 0.15) is 32.3 Å². The van der Waals surface area contributed by atoms with Crippen LogP contribution in [0.4, 0.5) is 5.69 Å². The molecule has 0 spiro atoms. The molecule has 0 atom stereocenters. The van der Waals surface area contributed by atoms with Gasteiger partial charge in [-0.3, -0.25) is 0 Å². The molecule has 2 rings (SSSR count). The standard InChI is InChI=1S/C16H26N2/c1-12(2)14-9-16(10-14)17-15-7-5-13(6-8-15)11-18(3)4/h5-8,12,14,16-17H,9-11H2,1-4H3. The molecule has 1 N–H and O–H groups in total. The zero-order chi connectivity index (χ0) is 13.1. The lowest BCUT2D eigenvalue weighted by molar-refractivity contribution is 0.212. The second-order valence-corrected chi connectivity index (χ2v) is 6.25. The third-order valence-corrected chi connectivity index (χ3v) is 3.94. The first-order valence-corrected chi connectivity index (χ1v) is 7.05. The average molecular weight is 246 g/mol. The molecule has 0 bridgehead atoms. The molecular formula is C16H26N2. The molecule has 0 unspecified atom stereocenters. The summed E-state index contributed by atoms with van der Waals surface area (Å²) in [4.78, 5) is 2.20. The van der Waals surface area contributed by atoms with Crippen molar-refractivity contribution in [2.24, 2.45) is 11.8 Å². The summed E-state index contributed by atoms with van der Waals surface area (Å²) in [7, 11) is 4.21. The van der Waals surface area contributed by atoms with Gasteiger partial charge in [0.2, 0.25) is 0 Å². The van der Waals surface area contributed by atoms with Gasteiger partial charge in [0.25, 0.3) is 0 Å². The monoisotopic (exact) mass is 246 g/mol. The van der Waals surface area contributed by atoms with Crippen molar-refractivity contribution in [2.45, 2.75) is 39.3 Å². The molecule has 2 nitrogen and oxygen atoms in total. The Morgan fingerprint density at radius 2 is 1.78 bits per heavy atom. The highest BCUT2D eigenvalue weighted by molar-refractivity contribution is 5.45. The van der Waals surface area contributed by atoms with E-state index in [0.29, 0.717) is 6.04 Å². The van der Waals surface area contributed by atoms with Gasteiger partial charge in [0, 0.05) is 18.3 Å². The number of nitrogens with zero attached hydrogens (tertiary/aromatic N) is 1. The molecule has 0 aliphatic heterocycles. The van der Waals surface area contributed by atoms with Gasteiger partial charge < -0.3 is 10.2 Å². The van der Waals surface area contributed by atoms with Crippen LogP contribution in [0.3, 0.4) is 0 Å². The van der Waals surface area contributed by atoms with E-state index in [1.807, 2.05) is 0 Å². The Labute approximate surface area is 111 Å². The van der Waals surface area contributed by atoms with Gasteiger partial charge in [-0.1, -0.05) is 26.0 Å². The second kappa shape index (κ2) is 5.75. The van der Waals surface area contributed by atoms with Crippen LogP contribution in [0.2, 0.25) is 0 Å². The van der Waals surface area contributed by atoms with Crippen molar-refractivity contribution in [2.75, 3.05) is 19.4 Å². The first-order valence-electron chi connectivity index (χ1n) is 7.05. The maximum atomic E-state index is 3.63. The smallest absolute Gasteiger partial charge is 0.0342 e. The van der Waals surface area contributed by atoms with Crippen molar-refractivity contribution in [1.82, 2.24) is 4.90 Å². The van der Waals surface area contributed by atoms with Gasteiger partial charge in [0.1, 0.15) is 0 Å². The Morgan fingerprint density at radius 3 is 2.28 bits per heavy atom. The van der Waals surface area contributed by atoms with Crippen LogP contribution >= 0.6 is 0 Å². The maximum absolute atomic E-state index is 3.63. The lowest BCUT2D eigenvalue weighted by atomic mass is 9.73. The van der Waals surface area contributed by atoms with Gasteiger partial charge in [0.05, 0.1) is 0 Å². The van der Waals surface area contributed by atoms with Crippen molar-refractivity contribution in [3.63, 3.8) is 0 Å². The first kappa shape index (κ1) is 13.4. The topological polar surface area (TPSA) is 15.3 Å². The molecule has 18 heavy (non-hydrogen) atoms. The van der Waals surface area contributed by atoms with Gasteiger partial charge in [-0.25, -0.2) is 0 Å². The Balaban J connectivity index is 1.81. The minimum Gasteiger partial charge on any atom is -0.382 e. The number of hydrogen-bond acceptors (Lipinski definition) is 2. The summed E-state index contributed by atoms with van der Waals surface area (Å²) in [5.41, 5.74) is 2.64. The normalized spacial score (nSPS) is 23.2. The number of anilines is 1. The van der Waals surface area contributed by atoms with Crippen molar-refractivity contribution >= 4 is 5.69 Å². The first-order chi connectivity index (χ1) is 8.54. The van der Waals surface area contributed by atoms with E-state index in [4.69, 9.17) is 0 Å². The summed E-state index contributed by atoms with van der Waals surface area (Å²) in [5.74, 6) is 1.76. The van der Waals surface area contributed by atoms with E-state index < -0.39 is 0 Å². The fraction of sp³-hybridized carbons (Fsp3) is 0.625. The fourth-order valence-electron chi connectivity index (χ4n) is 2.63. The van der Waals surface area contributed by atoms with Crippen LogP contribution in [0, 0.1) is 11.8 Å². The van der Waals surface area contributed by atoms with Crippen molar-refractivity contribution < 1.29 is 0 Å². The SMILES string of the molecule is CC(C)C1CC(Nc2ccc(CN(C)C)cc2)C1. The minimum absolute atomic E-state index is 0.692. The Morgan fingerprint density at radius 1 is 1.17 bits per heavy atom. The molecule has 1 aliphatic carbocycles. The summed E-state index contributed by atoms with van der Waals surface area (Å²) < 4.78 is 0. The second-order valence-electron chi connectivity index (χ2n) is 6.25. The van der Waals surface area contributed by atoms with Crippen molar-refractivity contribution in [3.05, 3.63) is 29.8 Å². The largest absolute Gasteiger partial charge is 0.382 e. The predicted molar refractivity (Wildman–Crippen MR) is 78.8 cm³/mol. The van der Waals surface area contributed by atoms with Crippen molar-refractivity contribution in [1.29, 1.82) is 0 Å². The molecule has 1 fully saturated rings. The third kappa shape index (κ3) is 3.49. The van der Waals surface area contributed by atoms with Crippen LogP contribution in [0.25, 0.3) is 0 Å². The molecule has 2 heteroatoms. The van der Waals surface area contributed by atoms with Crippen LogP contribution in [-0.4, -0.2) is 25.0 Å². The molecule has 0 heterocycles. The number of benzene rings is 1. The molecule has 0 saturated heterocycles. The van der Waals surface area contributed by atoms with E-state index in [1.54, 1.807) is 0 Å². The molecule has 0 aromatic heterocycles. The van der Waals surface area contributed by atoms with Gasteiger partial charge in [-0.15, -0.1) is 0 Å².